The van der Waals surface area contributed by atoms with E-state index in [1.165, 1.54) is 36.5 Å². The molecule has 11 heteroatoms. The van der Waals surface area contributed by atoms with Crippen molar-refractivity contribution in [3.8, 4) is 5.75 Å². The van der Waals surface area contributed by atoms with Crippen LogP contribution in [0.4, 0.5) is 24.7 Å². The van der Waals surface area contributed by atoms with Gasteiger partial charge in [-0.2, -0.15) is 13.2 Å². The van der Waals surface area contributed by atoms with Crippen LogP contribution in [0, 0.1) is 0 Å². The number of amides is 1. The smallest absolute Gasteiger partial charge is 0.416 e. The van der Waals surface area contributed by atoms with Crippen molar-refractivity contribution < 1.29 is 31.5 Å². The fourth-order valence-corrected chi connectivity index (χ4v) is 3.48. The van der Waals surface area contributed by atoms with Gasteiger partial charge in [-0.1, -0.05) is 6.07 Å². The Bertz CT molecular complexity index is 1180. The Hall–Kier alpha value is -3.60. The molecule has 0 aliphatic heterocycles. The van der Waals surface area contributed by atoms with E-state index in [1.807, 2.05) is 0 Å². The SMILES string of the molecule is O=C(Nc1ncccc1O)c1ccc(S(=O)(=O)Nc2cccc(C(F)(F)F)c2)cc1. The average molecular weight is 437 g/mol. The van der Waals surface area contributed by atoms with Crippen molar-refractivity contribution >= 4 is 27.4 Å². The maximum Gasteiger partial charge on any atom is 0.416 e. The number of rotatable bonds is 5. The molecule has 0 atom stereocenters. The van der Waals surface area contributed by atoms with Crippen LogP contribution >= 0.6 is 0 Å². The van der Waals surface area contributed by atoms with Gasteiger partial charge < -0.3 is 10.4 Å². The van der Waals surface area contributed by atoms with E-state index in [2.05, 4.69) is 15.0 Å². The number of carbonyl (C=O) groups excluding carboxylic acids is 1. The predicted molar refractivity (Wildman–Crippen MR) is 103 cm³/mol. The number of alkyl halides is 3. The second-order valence-corrected chi connectivity index (χ2v) is 7.72. The Kier molecular flexibility index (Phi) is 5.65. The highest BCUT2D eigenvalue weighted by atomic mass is 32.2. The number of sulfonamides is 1. The standard InChI is InChI=1S/C19H14F3N3O4S/c20-19(21,22)13-3-1-4-14(11-13)25-30(28,29)15-8-6-12(7-9-15)18(27)24-17-16(26)5-2-10-23-17/h1-11,25-26H,(H,23,24,27). The van der Waals surface area contributed by atoms with Crippen LogP contribution in [0.5, 0.6) is 5.75 Å². The van der Waals surface area contributed by atoms with Gasteiger partial charge in [-0.05, 0) is 54.6 Å². The Morgan fingerprint density at radius 2 is 1.70 bits per heavy atom. The summed E-state index contributed by atoms with van der Waals surface area (Å²) in [6.07, 6.45) is -3.25. The summed E-state index contributed by atoms with van der Waals surface area (Å²) in [5.41, 5.74) is -1.16. The van der Waals surface area contributed by atoms with Crippen molar-refractivity contribution in [2.45, 2.75) is 11.1 Å². The predicted octanol–water partition coefficient (Wildman–Crippen LogP) is 3.86. The fraction of sp³-hybridized carbons (Fsp3) is 0.0526. The summed E-state index contributed by atoms with van der Waals surface area (Å²) in [6, 6.07) is 11.3. The van der Waals surface area contributed by atoms with Crippen molar-refractivity contribution in [3.63, 3.8) is 0 Å². The lowest BCUT2D eigenvalue weighted by Crippen LogP contribution is -2.15. The van der Waals surface area contributed by atoms with E-state index in [9.17, 15) is 31.5 Å². The Morgan fingerprint density at radius 1 is 1.00 bits per heavy atom. The lowest BCUT2D eigenvalue weighted by atomic mass is 10.2. The minimum atomic E-state index is -4.61. The zero-order chi connectivity index (χ0) is 21.9. The average Bonchev–Trinajstić information content (AvgIpc) is 2.69. The minimum Gasteiger partial charge on any atom is -0.504 e. The van der Waals surface area contributed by atoms with E-state index in [0.29, 0.717) is 6.07 Å². The first-order valence-corrected chi connectivity index (χ1v) is 9.80. The Balaban J connectivity index is 1.76. The topological polar surface area (TPSA) is 108 Å². The lowest BCUT2D eigenvalue weighted by molar-refractivity contribution is -0.137. The third-order valence-electron chi connectivity index (χ3n) is 3.89. The van der Waals surface area contributed by atoms with E-state index in [4.69, 9.17) is 0 Å². The third kappa shape index (κ3) is 4.87. The van der Waals surface area contributed by atoms with Crippen LogP contribution in [0.1, 0.15) is 15.9 Å². The molecule has 3 rings (SSSR count). The number of hydrogen-bond donors (Lipinski definition) is 3. The number of benzene rings is 2. The molecule has 0 radical (unpaired) electrons. The van der Waals surface area contributed by atoms with Crippen LogP contribution in [0.15, 0.2) is 71.8 Å². The second kappa shape index (κ2) is 8.03. The van der Waals surface area contributed by atoms with Crippen molar-refractivity contribution in [2.24, 2.45) is 0 Å². The van der Waals surface area contributed by atoms with Crippen molar-refractivity contribution in [2.75, 3.05) is 10.0 Å². The summed E-state index contributed by atoms with van der Waals surface area (Å²) in [7, 11) is -4.19. The molecule has 0 saturated carbocycles. The monoisotopic (exact) mass is 437 g/mol. The number of aromatic hydroxyl groups is 1. The first-order valence-electron chi connectivity index (χ1n) is 8.32. The molecule has 2 aromatic carbocycles. The van der Waals surface area contributed by atoms with Crippen LogP contribution in [-0.4, -0.2) is 24.4 Å². The van der Waals surface area contributed by atoms with E-state index in [0.717, 1.165) is 24.3 Å². The molecule has 7 nitrogen and oxygen atoms in total. The zero-order valence-electron chi connectivity index (χ0n) is 15.0. The van der Waals surface area contributed by atoms with Crippen molar-refractivity contribution in [1.82, 2.24) is 4.98 Å². The third-order valence-corrected chi connectivity index (χ3v) is 5.28. The van der Waals surface area contributed by atoms with E-state index < -0.39 is 27.7 Å². The van der Waals surface area contributed by atoms with E-state index >= 15 is 0 Å². The van der Waals surface area contributed by atoms with Gasteiger partial charge >= 0.3 is 6.18 Å². The largest absolute Gasteiger partial charge is 0.504 e. The van der Waals surface area contributed by atoms with Gasteiger partial charge in [-0.3, -0.25) is 9.52 Å². The van der Waals surface area contributed by atoms with Gasteiger partial charge in [0.05, 0.1) is 10.5 Å². The van der Waals surface area contributed by atoms with Crippen molar-refractivity contribution in [1.29, 1.82) is 0 Å². The van der Waals surface area contributed by atoms with Gasteiger partial charge in [-0.15, -0.1) is 0 Å². The number of aromatic nitrogens is 1. The van der Waals surface area contributed by atoms with Crippen molar-refractivity contribution in [3.05, 3.63) is 78.0 Å². The van der Waals surface area contributed by atoms with E-state index in [-0.39, 0.29) is 27.7 Å². The molecule has 0 unspecified atom stereocenters. The molecule has 156 valence electrons. The summed E-state index contributed by atoms with van der Waals surface area (Å²) in [6.45, 7) is 0. The number of nitrogens with zero attached hydrogens (tertiary/aromatic N) is 1. The highest BCUT2D eigenvalue weighted by molar-refractivity contribution is 7.92. The molecule has 3 aromatic rings. The van der Waals surface area contributed by atoms with Crippen LogP contribution in [0.25, 0.3) is 0 Å². The van der Waals surface area contributed by atoms with E-state index in [1.54, 1.807) is 0 Å². The lowest BCUT2D eigenvalue weighted by Gasteiger charge is -2.11. The number of halogens is 3. The summed E-state index contributed by atoms with van der Waals surface area (Å²) in [5.74, 6) is -0.945. The maximum absolute atomic E-state index is 12.8. The Labute approximate surface area is 169 Å². The molecule has 0 aliphatic rings. The molecule has 0 spiro atoms. The van der Waals surface area contributed by atoms with Gasteiger partial charge in [0.1, 0.15) is 0 Å². The van der Waals surface area contributed by atoms with Gasteiger partial charge in [0.15, 0.2) is 11.6 Å². The van der Waals surface area contributed by atoms with Crippen LogP contribution in [0.2, 0.25) is 0 Å². The molecule has 0 aliphatic carbocycles. The molecule has 3 N–H and O–H groups in total. The minimum absolute atomic E-state index is 0.0644. The molecule has 0 fully saturated rings. The highest BCUT2D eigenvalue weighted by Gasteiger charge is 2.30. The number of anilines is 2. The molecule has 0 saturated heterocycles. The van der Waals surface area contributed by atoms with Crippen LogP contribution in [0.3, 0.4) is 0 Å². The van der Waals surface area contributed by atoms with Gasteiger partial charge in [-0.25, -0.2) is 13.4 Å². The number of nitrogens with one attached hydrogen (secondary N) is 2. The first kappa shape index (κ1) is 21.1. The number of pyridine rings is 1. The molecule has 1 heterocycles. The summed E-state index contributed by atoms with van der Waals surface area (Å²) < 4.78 is 65.3. The molecule has 0 bridgehead atoms. The summed E-state index contributed by atoms with van der Waals surface area (Å²) in [4.78, 5) is 15.8. The van der Waals surface area contributed by atoms with Crippen LogP contribution < -0.4 is 10.0 Å². The summed E-state index contributed by atoms with van der Waals surface area (Å²) in [5, 5.41) is 12.0. The number of hydrogen-bond acceptors (Lipinski definition) is 5. The Morgan fingerprint density at radius 3 is 2.33 bits per heavy atom. The summed E-state index contributed by atoms with van der Waals surface area (Å²) >= 11 is 0. The molecule has 30 heavy (non-hydrogen) atoms. The normalized spacial score (nSPS) is 11.7. The second-order valence-electron chi connectivity index (χ2n) is 6.03. The molecular formula is C19H14F3N3O4S. The quantitative estimate of drug-likeness (QED) is 0.562. The molecular weight excluding hydrogens is 423 g/mol. The van der Waals surface area contributed by atoms with Crippen LogP contribution in [-0.2, 0) is 16.2 Å². The number of carbonyl (C=O) groups is 1. The zero-order valence-corrected chi connectivity index (χ0v) is 15.8. The molecule has 1 aromatic heterocycles. The maximum atomic E-state index is 12.8. The van der Waals surface area contributed by atoms with Gasteiger partial charge in [0, 0.05) is 17.4 Å². The fourth-order valence-electron chi connectivity index (χ4n) is 2.43. The first-order chi connectivity index (χ1) is 14.1. The molecule has 1 amide bonds. The van der Waals surface area contributed by atoms with Gasteiger partial charge in [0.25, 0.3) is 15.9 Å². The highest BCUT2D eigenvalue weighted by Crippen LogP contribution is 2.31. The van der Waals surface area contributed by atoms with Gasteiger partial charge in [0.2, 0.25) is 0 Å².